The van der Waals surface area contributed by atoms with Crippen molar-refractivity contribution in [3.05, 3.63) is 11.6 Å². The van der Waals surface area contributed by atoms with E-state index in [9.17, 15) is 9.90 Å². The summed E-state index contributed by atoms with van der Waals surface area (Å²) in [5.74, 6) is -0.265. The van der Waals surface area contributed by atoms with Crippen LogP contribution >= 0.6 is 0 Å². The largest absolute Gasteiger partial charge is 0.466 e. The molecule has 2 atom stereocenters. The number of nitrogens with zero attached hydrogens (tertiary/aromatic N) is 1. The molecule has 1 aliphatic rings. The molecule has 1 rings (SSSR count). The number of rotatable bonds is 5. The van der Waals surface area contributed by atoms with Gasteiger partial charge in [-0.15, -0.1) is 0 Å². The topological polar surface area (TPSA) is 49.8 Å². The fraction of sp³-hybridized carbons (Fsp3) is 0.786. The Bertz CT molecular complexity index is 299. The molecule has 0 bridgehead atoms. The van der Waals surface area contributed by atoms with Gasteiger partial charge in [-0.05, 0) is 39.7 Å². The van der Waals surface area contributed by atoms with Crippen LogP contribution in [0.2, 0.25) is 0 Å². The first-order valence-electron chi connectivity index (χ1n) is 6.71. The average molecular weight is 255 g/mol. The summed E-state index contributed by atoms with van der Waals surface area (Å²) in [5, 5.41) is 9.51. The van der Waals surface area contributed by atoms with E-state index in [-0.39, 0.29) is 12.1 Å². The van der Waals surface area contributed by atoms with Crippen LogP contribution in [0.3, 0.4) is 0 Å². The number of aliphatic hydroxyl groups excluding tert-OH is 1. The summed E-state index contributed by atoms with van der Waals surface area (Å²) in [7, 11) is 1.40. The summed E-state index contributed by atoms with van der Waals surface area (Å²) in [6, 6.07) is 0.431. The van der Waals surface area contributed by atoms with Crippen molar-refractivity contribution in [2.24, 2.45) is 0 Å². The second-order valence-electron chi connectivity index (χ2n) is 5.11. The van der Waals surface area contributed by atoms with E-state index in [2.05, 4.69) is 9.64 Å². The molecular weight excluding hydrogens is 230 g/mol. The van der Waals surface area contributed by atoms with Crippen molar-refractivity contribution in [3.63, 3.8) is 0 Å². The number of hydrogen-bond donors (Lipinski definition) is 1. The fourth-order valence-electron chi connectivity index (χ4n) is 2.46. The van der Waals surface area contributed by atoms with Gasteiger partial charge in [-0.3, -0.25) is 4.90 Å². The maximum atomic E-state index is 11.3. The van der Waals surface area contributed by atoms with Gasteiger partial charge in [0.15, 0.2) is 0 Å². The highest BCUT2D eigenvalue weighted by molar-refractivity contribution is 5.87. The normalized spacial score (nSPS) is 23.8. The minimum atomic E-state index is -0.265. The van der Waals surface area contributed by atoms with Gasteiger partial charge >= 0.3 is 5.97 Å². The van der Waals surface area contributed by atoms with Crippen LogP contribution in [0.4, 0.5) is 0 Å². The standard InChI is InChI=1S/C14H25NO3/c1-11(14(17)18-3)7-9-15-8-5-4-6-13(15)10-12(2)16/h7,12-13,16H,4-6,8-10H2,1-3H3. The summed E-state index contributed by atoms with van der Waals surface area (Å²) in [4.78, 5) is 13.6. The number of methoxy groups -OCH3 is 1. The molecule has 1 heterocycles. The molecule has 0 amide bonds. The number of carbonyl (C=O) groups is 1. The third kappa shape index (κ3) is 4.78. The Hall–Kier alpha value is -0.870. The molecule has 18 heavy (non-hydrogen) atoms. The van der Waals surface area contributed by atoms with Crippen molar-refractivity contribution < 1.29 is 14.6 Å². The summed E-state index contributed by atoms with van der Waals surface area (Å²) in [6.45, 7) is 5.42. The van der Waals surface area contributed by atoms with Gasteiger partial charge in [0.1, 0.15) is 0 Å². The summed E-state index contributed by atoms with van der Waals surface area (Å²) >= 11 is 0. The first kappa shape index (κ1) is 15.2. The lowest BCUT2D eigenvalue weighted by atomic mass is 9.97. The molecule has 0 spiro atoms. The lowest BCUT2D eigenvalue weighted by Gasteiger charge is -2.35. The van der Waals surface area contributed by atoms with Gasteiger partial charge < -0.3 is 9.84 Å². The Kier molecular flexibility index (Phi) is 6.36. The molecule has 1 fully saturated rings. The quantitative estimate of drug-likeness (QED) is 0.600. The number of ether oxygens (including phenoxy) is 1. The van der Waals surface area contributed by atoms with Crippen LogP contribution in [0.5, 0.6) is 0 Å². The molecule has 1 saturated heterocycles. The first-order chi connectivity index (χ1) is 8.54. The fourth-order valence-corrected chi connectivity index (χ4v) is 2.46. The van der Waals surface area contributed by atoms with E-state index in [1.54, 1.807) is 6.92 Å². The van der Waals surface area contributed by atoms with Gasteiger partial charge in [-0.2, -0.15) is 0 Å². The lowest BCUT2D eigenvalue weighted by molar-refractivity contribution is -0.136. The number of aliphatic hydroxyl groups is 1. The van der Waals surface area contributed by atoms with Crippen LogP contribution in [-0.2, 0) is 9.53 Å². The molecule has 4 heteroatoms. The molecule has 1 aliphatic heterocycles. The molecule has 0 aromatic heterocycles. The SMILES string of the molecule is COC(=O)C(C)=CCN1CCCCC1CC(C)O. The summed E-state index contributed by atoms with van der Waals surface area (Å²) < 4.78 is 4.68. The first-order valence-corrected chi connectivity index (χ1v) is 6.71. The van der Waals surface area contributed by atoms with Crippen molar-refractivity contribution in [2.75, 3.05) is 20.2 Å². The zero-order chi connectivity index (χ0) is 13.5. The molecule has 4 nitrogen and oxygen atoms in total. The van der Waals surface area contributed by atoms with E-state index in [4.69, 9.17) is 0 Å². The Balaban J connectivity index is 2.54. The van der Waals surface area contributed by atoms with E-state index >= 15 is 0 Å². The molecule has 0 aromatic carbocycles. The third-order valence-electron chi connectivity index (χ3n) is 3.50. The second kappa shape index (κ2) is 7.54. The predicted molar refractivity (Wildman–Crippen MR) is 71.3 cm³/mol. The molecule has 0 aliphatic carbocycles. The average Bonchev–Trinajstić information content (AvgIpc) is 2.35. The van der Waals surface area contributed by atoms with Crippen molar-refractivity contribution >= 4 is 5.97 Å². The van der Waals surface area contributed by atoms with Crippen molar-refractivity contribution in [1.29, 1.82) is 0 Å². The van der Waals surface area contributed by atoms with Gasteiger partial charge in [0.2, 0.25) is 0 Å². The van der Waals surface area contributed by atoms with Gasteiger partial charge in [0.25, 0.3) is 0 Å². The molecule has 0 saturated carbocycles. The van der Waals surface area contributed by atoms with Crippen LogP contribution in [-0.4, -0.2) is 48.3 Å². The monoisotopic (exact) mass is 255 g/mol. The van der Waals surface area contributed by atoms with E-state index < -0.39 is 0 Å². The van der Waals surface area contributed by atoms with Gasteiger partial charge in [-0.1, -0.05) is 12.5 Å². The summed E-state index contributed by atoms with van der Waals surface area (Å²) in [6.07, 6.45) is 6.03. The number of hydrogen-bond acceptors (Lipinski definition) is 4. The lowest BCUT2D eigenvalue weighted by Crippen LogP contribution is -2.41. The van der Waals surface area contributed by atoms with Gasteiger partial charge in [-0.25, -0.2) is 4.79 Å². The Morgan fingerprint density at radius 1 is 1.56 bits per heavy atom. The maximum absolute atomic E-state index is 11.3. The predicted octanol–water partition coefficient (Wildman–Crippen LogP) is 1.73. The van der Waals surface area contributed by atoms with E-state index in [1.807, 2.05) is 13.0 Å². The molecule has 104 valence electrons. The third-order valence-corrected chi connectivity index (χ3v) is 3.50. The minimum absolute atomic E-state index is 0.263. The molecule has 0 radical (unpaired) electrons. The number of piperidine rings is 1. The van der Waals surface area contributed by atoms with Crippen LogP contribution in [0, 0.1) is 0 Å². The molecular formula is C14H25NO3. The van der Waals surface area contributed by atoms with Gasteiger partial charge in [0.05, 0.1) is 13.2 Å². The van der Waals surface area contributed by atoms with Crippen molar-refractivity contribution in [1.82, 2.24) is 4.90 Å². The highest BCUT2D eigenvalue weighted by atomic mass is 16.5. The molecule has 2 unspecified atom stereocenters. The smallest absolute Gasteiger partial charge is 0.333 e. The van der Waals surface area contributed by atoms with Crippen LogP contribution < -0.4 is 0 Å². The van der Waals surface area contributed by atoms with Gasteiger partial charge in [0, 0.05) is 18.2 Å². The molecule has 0 aromatic rings. The zero-order valence-corrected chi connectivity index (χ0v) is 11.7. The Labute approximate surface area is 110 Å². The Morgan fingerprint density at radius 3 is 2.89 bits per heavy atom. The van der Waals surface area contributed by atoms with Crippen LogP contribution in [0.1, 0.15) is 39.5 Å². The maximum Gasteiger partial charge on any atom is 0.333 e. The van der Waals surface area contributed by atoms with Crippen molar-refractivity contribution in [3.8, 4) is 0 Å². The zero-order valence-electron chi connectivity index (χ0n) is 11.7. The number of likely N-dealkylation sites (tertiary alicyclic amines) is 1. The Morgan fingerprint density at radius 2 is 2.28 bits per heavy atom. The number of carbonyl (C=O) groups excluding carboxylic acids is 1. The molecule has 1 N–H and O–H groups in total. The summed E-state index contributed by atoms with van der Waals surface area (Å²) in [5.41, 5.74) is 0.652. The van der Waals surface area contributed by atoms with E-state index in [1.165, 1.54) is 20.0 Å². The van der Waals surface area contributed by atoms with E-state index in [0.717, 1.165) is 25.9 Å². The van der Waals surface area contributed by atoms with Crippen LogP contribution in [0.15, 0.2) is 11.6 Å². The number of esters is 1. The highest BCUT2D eigenvalue weighted by Gasteiger charge is 2.22. The van der Waals surface area contributed by atoms with Crippen molar-refractivity contribution in [2.45, 2.75) is 51.7 Å². The minimum Gasteiger partial charge on any atom is -0.466 e. The van der Waals surface area contributed by atoms with E-state index in [0.29, 0.717) is 11.6 Å². The van der Waals surface area contributed by atoms with Crippen LogP contribution in [0.25, 0.3) is 0 Å². The second-order valence-corrected chi connectivity index (χ2v) is 5.11. The highest BCUT2D eigenvalue weighted by Crippen LogP contribution is 2.20.